The molecule has 8 heteroatoms. The first-order valence-electron chi connectivity index (χ1n) is 4.60. The zero-order chi connectivity index (χ0) is 13.4. The monoisotopic (exact) mass is 268 g/mol. The lowest BCUT2D eigenvalue weighted by atomic mass is 10.1. The molecule has 1 aromatic heterocycles. The van der Waals surface area contributed by atoms with E-state index in [1.807, 2.05) is 0 Å². The first-order chi connectivity index (χ1) is 7.50. The highest BCUT2D eigenvalue weighted by atomic mass is 32.1. The third kappa shape index (κ3) is 3.58. The molecule has 17 heavy (non-hydrogen) atoms. The number of aromatic carboxylic acids is 1. The third-order valence-corrected chi connectivity index (χ3v) is 2.53. The van der Waals surface area contributed by atoms with Gasteiger partial charge in [0.1, 0.15) is 4.88 Å². The van der Waals surface area contributed by atoms with E-state index in [0.717, 1.165) is 0 Å². The molecule has 0 unspecified atom stereocenters. The van der Waals surface area contributed by atoms with Crippen molar-refractivity contribution in [1.82, 2.24) is 4.98 Å². The van der Waals surface area contributed by atoms with Gasteiger partial charge in [-0.05, 0) is 20.8 Å². The minimum atomic E-state index is -4.76. The van der Waals surface area contributed by atoms with Gasteiger partial charge in [0.15, 0.2) is 10.8 Å². The van der Waals surface area contributed by atoms with Gasteiger partial charge in [-0.2, -0.15) is 13.2 Å². The third-order valence-electron chi connectivity index (χ3n) is 1.57. The molecule has 0 aromatic carbocycles. The van der Waals surface area contributed by atoms with Crippen LogP contribution in [-0.4, -0.2) is 21.6 Å². The predicted molar refractivity (Wildman–Crippen MR) is 57.5 cm³/mol. The maximum atomic E-state index is 12.5. The van der Waals surface area contributed by atoms with Crippen molar-refractivity contribution in [2.24, 2.45) is 0 Å². The van der Waals surface area contributed by atoms with E-state index in [-0.39, 0.29) is 5.13 Å². The highest BCUT2D eigenvalue weighted by molar-refractivity contribution is 7.17. The predicted octanol–water partition coefficient (Wildman–Crippen LogP) is 3.07. The summed E-state index contributed by atoms with van der Waals surface area (Å²) in [6.07, 6.45) is -4.76. The Morgan fingerprint density at radius 3 is 2.18 bits per heavy atom. The van der Waals surface area contributed by atoms with E-state index in [0.29, 0.717) is 11.3 Å². The highest BCUT2D eigenvalue weighted by Gasteiger charge is 2.40. The molecule has 0 saturated carbocycles. The fraction of sp³-hybridized carbons (Fsp3) is 0.556. The molecular formula is C9H11F3N2O2S. The van der Waals surface area contributed by atoms with Gasteiger partial charge in [-0.3, -0.25) is 0 Å². The summed E-state index contributed by atoms with van der Waals surface area (Å²) in [6, 6.07) is 0. The molecular weight excluding hydrogens is 257 g/mol. The van der Waals surface area contributed by atoms with Gasteiger partial charge in [-0.1, -0.05) is 11.3 Å². The van der Waals surface area contributed by atoms with Gasteiger partial charge in [0, 0.05) is 5.54 Å². The van der Waals surface area contributed by atoms with Gasteiger partial charge >= 0.3 is 12.1 Å². The molecule has 1 heterocycles. The number of carboxylic acid groups (broad SMARTS) is 1. The molecule has 4 nitrogen and oxygen atoms in total. The van der Waals surface area contributed by atoms with E-state index in [4.69, 9.17) is 5.11 Å². The summed E-state index contributed by atoms with van der Waals surface area (Å²) >= 11 is 0.480. The summed E-state index contributed by atoms with van der Waals surface area (Å²) in [5.41, 5.74) is -1.85. The van der Waals surface area contributed by atoms with Crippen LogP contribution in [0.25, 0.3) is 0 Å². The highest BCUT2D eigenvalue weighted by Crippen LogP contribution is 2.36. The maximum absolute atomic E-state index is 12.5. The normalized spacial score (nSPS) is 12.6. The Kier molecular flexibility index (Phi) is 3.37. The second-order valence-electron chi connectivity index (χ2n) is 4.37. The summed E-state index contributed by atoms with van der Waals surface area (Å²) in [5.74, 6) is -1.63. The average molecular weight is 268 g/mol. The first kappa shape index (κ1) is 13.8. The van der Waals surface area contributed by atoms with Crippen molar-refractivity contribution in [2.75, 3.05) is 5.32 Å². The molecule has 0 saturated heterocycles. The van der Waals surface area contributed by atoms with Crippen molar-refractivity contribution in [2.45, 2.75) is 32.5 Å². The van der Waals surface area contributed by atoms with Crippen LogP contribution in [0.5, 0.6) is 0 Å². The molecule has 1 aromatic rings. The van der Waals surface area contributed by atoms with E-state index < -0.39 is 28.3 Å². The lowest BCUT2D eigenvalue weighted by Gasteiger charge is -2.19. The first-order valence-corrected chi connectivity index (χ1v) is 5.42. The Morgan fingerprint density at radius 2 is 1.88 bits per heavy atom. The summed E-state index contributed by atoms with van der Waals surface area (Å²) in [6.45, 7) is 5.21. The molecule has 0 radical (unpaired) electrons. The lowest BCUT2D eigenvalue weighted by Crippen LogP contribution is -2.26. The van der Waals surface area contributed by atoms with Gasteiger partial charge in [-0.25, -0.2) is 9.78 Å². The van der Waals surface area contributed by atoms with Crippen molar-refractivity contribution in [1.29, 1.82) is 0 Å². The van der Waals surface area contributed by atoms with E-state index in [1.54, 1.807) is 20.8 Å². The van der Waals surface area contributed by atoms with Crippen LogP contribution in [0.4, 0.5) is 18.3 Å². The van der Waals surface area contributed by atoms with Crippen LogP contribution < -0.4 is 5.32 Å². The topological polar surface area (TPSA) is 62.2 Å². The molecule has 0 aliphatic carbocycles. The Hall–Kier alpha value is -1.31. The van der Waals surface area contributed by atoms with E-state index in [1.165, 1.54) is 0 Å². The molecule has 0 atom stereocenters. The largest absolute Gasteiger partial charge is 0.477 e. The number of anilines is 1. The maximum Gasteiger partial charge on any atom is 0.435 e. The number of halogens is 3. The number of carboxylic acids is 1. The van der Waals surface area contributed by atoms with Gasteiger partial charge in [0.2, 0.25) is 0 Å². The number of nitrogens with one attached hydrogen (secondary N) is 1. The fourth-order valence-corrected chi connectivity index (χ4v) is 2.06. The Balaban J connectivity index is 3.18. The quantitative estimate of drug-likeness (QED) is 0.865. The molecule has 0 spiro atoms. The Bertz CT molecular complexity index is 434. The van der Waals surface area contributed by atoms with Crippen molar-refractivity contribution < 1.29 is 23.1 Å². The zero-order valence-corrected chi connectivity index (χ0v) is 10.2. The van der Waals surface area contributed by atoms with Gasteiger partial charge in [-0.15, -0.1) is 0 Å². The van der Waals surface area contributed by atoms with Crippen LogP contribution in [0.15, 0.2) is 0 Å². The molecule has 96 valence electrons. The Labute approximate surface area is 99.5 Å². The van der Waals surface area contributed by atoms with Crippen LogP contribution in [0, 0.1) is 0 Å². The lowest BCUT2D eigenvalue weighted by molar-refractivity contribution is -0.141. The van der Waals surface area contributed by atoms with Gasteiger partial charge in [0.05, 0.1) is 0 Å². The minimum absolute atomic E-state index is 0.0535. The zero-order valence-electron chi connectivity index (χ0n) is 9.34. The molecule has 2 N–H and O–H groups in total. The van der Waals surface area contributed by atoms with Crippen LogP contribution >= 0.6 is 11.3 Å². The molecule has 0 fully saturated rings. The second kappa shape index (κ2) is 4.17. The summed E-state index contributed by atoms with van der Waals surface area (Å²) in [5, 5.41) is 11.3. The minimum Gasteiger partial charge on any atom is -0.477 e. The number of hydrogen-bond acceptors (Lipinski definition) is 4. The molecule has 0 aliphatic rings. The molecule has 1 rings (SSSR count). The summed E-state index contributed by atoms with van der Waals surface area (Å²) in [7, 11) is 0. The van der Waals surface area contributed by atoms with E-state index >= 15 is 0 Å². The number of thiazole rings is 1. The molecule has 0 bridgehead atoms. The smallest absolute Gasteiger partial charge is 0.435 e. The van der Waals surface area contributed by atoms with Gasteiger partial charge < -0.3 is 10.4 Å². The second-order valence-corrected chi connectivity index (χ2v) is 5.37. The molecule has 0 amide bonds. The van der Waals surface area contributed by atoms with Crippen LogP contribution in [0.1, 0.15) is 36.1 Å². The molecule has 0 aliphatic heterocycles. The Morgan fingerprint density at radius 1 is 1.35 bits per heavy atom. The summed E-state index contributed by atoms with van der Waals surface area (Å²) < 4.78 is 37.5. The van der Waals surface area contributed by atoms with Crippen LogP contribution in [-0.2, 0) is 6.18 Å². The number of hydrogen-bond donors (Lipinski definition) is 2. The number of carbonyl (C=O) groups is 1. The van der Waals surface area contributed by atoms with E-state index in [2.05, 4.69) is 10.3 Å². The van der Waals surface area contributed by atoms with Crippen LogP contribution in [0.2, 0.25) is 0 Å². The van der Waals surface area contributed by atoms with Crippen molar-refractivity contribution >= 4 is 22.4 Å². The number of rotatable bonds is 2. The number of nitrogens with zero attached hydrogens (tertiary/aromatic N) is 1. The number of aromatic nitrogens is 1. The van der Waals surface area contributed by atoms with Crippen molar-refractivity contribution in [3.63, 3.8) is 0 Å². The number of alkyl halides is 3. The SMILES string of the molecule is CC(C)(C)Nc1nc(C(F)(F)F)c(C(=O)O)s1. The fourth-order valence-electron chi connectivity index (χ4n) is 1.03. The standard InChI is InChI=1S/C9H11F3N2O2S/c1-8(2,3)14-7-13-5(9(10,11)12)4(17-7)6(15)16/h1-3H3,(H,13,14)(H,15,16). The average Bonchev–Trinajstić information content (AvgIpc) is 2.43. The van der Waals surface area contributed by atoms with Crippen LogP contribution in [0.3, 0.4) is 0 Å². The van der Waals surface area contributed by atoms with Crippen molar-refractivity contribution in [3.8, 4) is 0 Å². The van der Waals surface area contributed by atoms with Crippen molar-refractivity contribution in [3.05, 3.63) is 10.6 Å². The van der Waals surface area contributed by atoms with Gasteiger partial charge in [0.25, 0.3) is 0 Å². The van der Waals surface area contributed by atoms with E-state index in [9.17, 15) is 18.0 Å². The summed E-state index contributed by atoms with van der Waals surface area (Å²) in [4.78, 5) is 13.2.